The number of aliphatic hydroxyl groups is 1. The van der Waals surface area contributed by atoms with Gasteiger partial charge in [0.25, 0.3) is 0 Å². The number of halogens is 1. The summed E-state index contributed by atoms with van der Waals surface area (Å²) in [7, 11) is 0. The van der Waals surface area contributed by atoms with Crippen molar-refractivity contribution in [1.82, 2.24) is 20.1 Å². The summed E-state index contributed by atoms with van der Waals surface area (Å²) in [4.78, 5) is 17.2. The molecule has 1 aromatic carbocycles. The highest BCUT2D eigenvalue weighted by Crippen LogP contribution is 2.39. The maximum Gasteiger partial charge on any atom is 0.163 e. The van der Waals surface area contributed by atoms with E-state index in [4.69, 9.17) is 35.8 Å². The van der Waals surface area contributed by atoms with Crippen LogP contribution in [0.2, 0.25) is 5.02 Å². The second-order valence-electron chi connectivity index (χ2n) is 10.5. The van der Waals surface area contributed by atoms with E-state index in [1.54, 1.807) is 12.1 Å². The summed E-state index contributed by atoms with van der Waals surface area (Å²) in [6.07, 6.45) is 1.93. The molecule has 1 atom stereocenters. The molecular formula is C31H36ClN5O3. The number of hydrogen-bond acceptors (Lipinski definition) is 8. The fraction of sp³-hybridized carbons (Fsp3) is 0.419. The monoisotopic (exact) mass is 561 g/mol. The summed E-state index contributed by atoms with van der Waals surface area (Å²) < 4.78 is 11.4. The number of aromatic nitrogens is 4. The van der Waals surface area contributed by atoms with Crippen LogP contribution in [0.1, 0.15) is 66.2 Å². The number of nitrogens with zero attached hydrogens (tertiary/aromatic N) is 5. The lowest BCUT2D eigenvalue weighted by atomic mass is 10.0. The Balaban J connectivity index is 1.61. The number of hydrogen-bond donors (Lipinski definition) is 1. The number of pyridine rings is 1. The molecule has 5 rings (SSSR count). The predicted octanol–water partition coefficient (Wildman–Crippen LogP) is 6.70. The largest absolute Gasteiger partial charge is 0.491 e. The Morgan fingerprint density at radius 3 is 2.55 bits per heavy atom. The molecule has 0 fully saturated rings. The number of aryl methyl sites for hydroxylation is 4. The second-order valence-corrected chi connectivity index (χ2v) is 10.9. The third-order valence-corrected chi connectivity index (χ3v) is 7.81. The summed E-state index contributed by atoms with van der Waals surface area (Å²) in [5, 5.41) is 14.9. The van der Waals surface area contributed by atoms with Gasteiger partial charge in [-0.25, -0.2) is 9.97 Å². The molecule has 0 bridgehead atoms. The van der Waals surface area contributed by atoms with Gasteiger partial charge in [-0.2, -0.15) is 0 Å². The highest BCUT2D eigenvalue weighted by atomic mass is 35.5. The molecule has 1 aliphatic heterocycles. The average Bonchev–Trinajstić information content (AvgIpc) is 3.51. The maximum absolute atomic E-state index is 10.2. The average molecular weight is 562 g/mol. The lowest BCUT2D eigenvalue weighted by Gasteiger charge is -2.22. The summed E-state index contributed by atoms with van der Waals surface area (Å²) >= 11 is 6.72. The van der Waals surface area contributed by atoms with Crippen LogP contribution in [0.3, 0.4) is 0 Å². The number of aliphatic hydroxyl groups excluding tert-OH is 1. The Morgan fingerprint density at radius 2 is 1.85 bits per heavy atom. The molecule has 3 aromatic heterocycles. The number of rotatable bonds is 9. The standard InChI is InChI=1S/C31H36ClN5O3/c1-7-9-23(38)16-39-24-10-11-27(32)25(13-24)30-34-29(28-19(5)36-40-20(28)6)17(3)31(35-30)37-14-21-12-22(8-2)33-18(4)26(21)15-37/h10-13,23,38H,7-9,14-16H2,1-6H3/t23-/m1/s1. The van der Waals surface area contributed by atoms with Crippen LogP contribution in [-0.2, 0) is 19.5 Å². The fourth-order valence-electron chi connectivity index (χ4n) is 5.35. The normalized spacial score (nSPS) is 13.6. The number of benzene rings is 1. The predicted molar refractivity (Wildman–Crippen MR) is 157 cm³/mol. The van der Waals surface area contributed by atoms with Crippen LogP contribution in [-0.4, -0.2) is 37.9 Å². The molecule has 0 spiro atoms. The minimum Gasteiger partial charge on any atom is -0.491 e. The smallest absolute Gasteiger partial charge is 0.163 e. The molecule has 0 radical (unpaired) electrons. The van der Waals surface area contributed by atoms with Crippen LogP contribution in [0, 0.1) is 27.7 Å². The van der Waals surface area contributed by atoms with Crippen LogP contribution >= 0.6 is 11.6 Å². The van der Waals surface area contributed by atoms with E-state index in [9.17, 15) is 5.11 Å². The van der Waals surface area contributed by atoms with E-state index in [0.717, 1.165) is 59.1 Å². The van der Waals surface area contributed by atoms with Gasteiger partial charge < -0.3 is 19.3 Å². The molecular weight excluding hydrogens is 526 g/mol. The van der Waals surface area contributed by atoms with Gasteiger partial charge in [-0.05, 0) is 75.9 Å². The van der Waals surface area contributed by atoms with Gasteiger partial charge in [0.15, 0.2) is 5.82 Å². The molecule has 1 N–H and O–H groups in total. The van der Waals surface area contributed by atoms with E-state index in [1.165, 1.54) is 11.1 Å². The zero-order valence-corrected chi connectivity index (χ0v) is 24.8. The molecule has 210 valence electrons. The SMILES string of the molecule is CCC[C@@H](O)COc1ccc(Cl)c(-c2nc(-c3c(C)noc3C)c(C)c(N3Cc4cc(CC)nc(C)c4C3)n2)c1. The summed E-state index contributed by atoms with van der Waals surface area (Å²) in [6.45, 7) is 13.8. The summed E-state index contributed by atoms with van der Waals surface area (Å²) in [5.74, 6) is 2.61. The van der Waals surface area contributed by atoms with Gasteiger partial charge in [0.05, 0.1) is 28.1 Å². The van der Waals surface area contributed by atoms with E-state index in [0.29, 0.717) is 40.9 Å². The van der Waals surface area contributed by atoms with Crippen molar-refractivity contribution in [2.75, 3.05) is 11.5 Å². The second kappa shape index (κ2) is 11.6. The molecule has 0 aliphatic carbocycles. The maximum atomic E-state index is 10.2. The van der Waals surface area contributed by atoms with Gasteiger partial charge in [-0.1, -0.05) is 37.0 Å². The highest BCUT2D eigenvalue weighted by Gasteiger charge is 2.28. The lowest BCUT2D eigenvalue weighted by Crippen LogP contribution is -2.19. The lowest BCUT2D eigenvalue weighted by molar-refractivity contribution is 0.0994. The Bertz CT molecular complexity index is 1530. The van der Waals surface area contributed by atoms with E-state index >= 15 is 0 Å². The van der Waals surface area contributed by atoms with Crippen LogP contribution in [0.5, 0.6) is 5.75 Å². The van der Waals surface area contributed by atoms with Crippen LogP contribution in [0.4, 0.5) is 5.82 Å². The van der Waals surface area contributed by atoms with Crippen molar-refractivity contribution >= 4 is 17.4 Å². The van der Waals surface area contributed by atoms with Gasteiger partial charge in [0, 0.05) is 35.6 Å². The van der Waals surface area contributed by atoms with Crippen molar-refractivity contribution in [2.24, 2.45) is 0 Å². The highest BCUT2D eigenvalue weighted by molar-refractivity contribution is 6.33. The first-order chi connectivity index (χ1) is 19.2. The van der Waals surface area contributed by atoms with E-state index < -0.39 is 6.10 Å². The molecule has 40 heavy (non-hydrogen) atoms. The Morgan fingerprint density at radius 1 is 1.05 bits per heavy atom. The zero-order chi connectivity index (χ0) is 28.6. The van der Waals surface area contributed by atoms with Gasteiger partial charge >= 0.3 is 0 Å². The van der Waals surface area contributed by atoms with Gasteiger partial charge in [-0.15, -0.1) is 0 Å². The minimum atomic E-state index is -0.527. The fourth-order valence-corrected chi connectivity index (χ4v) is 5.55. The molecule has 8 nitrogen and oxygen atoms in total. The first-order valence-electron chi connectivity index (χ1n) is 13.9. The molecule has 4 aromatic rings. The molecule has 1 aliphatic rings. The Labute approximate surface area is 240 Å². The van der Waals surface area contributed by atoms with Crippen molar-refractivity contribution in [1.29, 1.82) is 0 Å². The van der Waals surface area contributed by atoms with Gasteiger partial charge in [-0.3, -0.25) is 4.98 Å². The summed E-state index contributed by atoms with van der Waals surface area (Å²) in [6, 6.07) is 7.63. The van der Waals surface area contributed by atoms with Crippen molar-refractivity contribution in [3.8, 4) is 28.4 Å². The third kappa shape index (κ3) is 5.43. The zero-order valence-electron chi connectivity index (χ0n) is 24.0. The minimum absolute atomic E-state index is 0.207. The molecule has 0 amide bonds. The van der Waals surface area contributed by atoms with Crippen LogP contribution in [0.15, 0.2) is 28.8 Å². The third-order valence-electron chi connectivity index (χ3n) is 7.48. The van der Waals surface area contributed by atoms with E-state index in [1.807, 2.05) is 33.8 Å². The van der Waals surface area contributed by atoms with E-state index in [-0.39, 0.29) is 6.61 Å². The van der Waals surface area contributed by atoms with Crippen LogP contribution in [0.25, 0.3) is 22.6 Å². The molecule has 0 saturated heterocycles. The first-order valence-corrected chi connectivity index (χ1v) is 14.2. The van der Waals surface area contributed by atoms with Crippen LogP contribution < -0.4 is 9.64 Å². The van der Waals surface area contributed by atoms with E-state index in [2.05, 4.69) is 30.0 Å². The summed E-state index contributed by atoms with van der Waals surface area (Å²) in [5.41, 5.74) is 8.67. The Hall–Kier alpha value is -3.49. The molecule has 9 heteroatoms. The first kappa shape index (κ1) is 28.1. The number of anilines is 1. The van der Waals surface area contributed by atoms with Gasteiger partial charge in [0.2, 0.25) is 0 Å². The molecule has 0 saturated carbocycles. The number of fused-ring (bicyclic) bond motifs is 1. The molecule has 0 unspecified atom stereocenters. The van der Waals surface area contributed by atoms with Gasteiger partial charge in [0.1, 0.15) is 23.9 Å². The number of ether oxygens (including phenoxy) is 1. The topological polar surface area (TPSA) is 97.4 Å². The van der Waals surface area contributed by atoms with Crippen molar-refractivity contribution in [3.63, 3.8) is 0 Å². The van der Waals surface area contributed by atoms with Crippen molar-refractivity contribution in [2.45, 2.75) is 80.0 Å². The quantitative estimate of drug-likeness (QED) is 0.241. The Kier molecular flexibility index (Phi) is 8.10. The van der Waals surface area contributed by atoms with Crippen molar-refractivity contribution < 1.29 is 14.4 Å². The van der Waals surface area contributed by atoms with Crippen molar-refractivity contribution in [3.05, 3.63) is 68.8 Å². The molecule has 4 heterocycles.